The molecule has 1 aliphatic rings. The van der Waals surface area contributed by atoms with E-state index in [-0.39, 0.29) is 0 Å². The van der Waals surface area contributed by atoms with Gasteiger partial charge >= 0.3 is 0 Å². The molecule has 2 rings (SSSR count). The van der Waals surface area contributed by atoms with Crippen molar-refractivity contribution >= 4 is 0 Å². The highest BCUT2D eigenvalue weighted by Gasteiger charge is 2.07. The van der Waals surface area contributed by atoms with Crippen LogP contribution < -0.4 is 0 Å². The first-order valence-corrected chi connectivity index (χ1v) is 5.22. The van der Waals surface area contributed by atoms with E-state index in [1.165, 1.54) is 11.1 Å². The molecule has 1 atom stereocenters. The third-order valence-corrected chi connectivity index (χ3v) is 2.64. The Morgan fingerprint density at radius 1 is 1.07 bits per heavy atom. The number of hydrogen-bond donors (Lipinski definition) is 0. The van der Waals surface area contributed by atoms with Crippen molar-refractivity contribution in [3.05, 3.63) is 77.6 Å². The summed E-state index contributed by atoms with van der Waals surface area (Å²) in [6, 6.07) is 10.5. The second-order valence-electron chi connectivity index (χ2n) is 3.66. The molecular formula is C15H14. The molecule has 0 radical (unpaired) electrons. The van der Waals surface area contributed by atoms with Gasteiger partial charge in [-0.2, -0.15) is 0 Å². The van der Waals surface area contributed by atoms with E-state index in [9.17, 15) is 0 Å². The van der Waals surface area contributed by atoms with Crippen LogP contribution in [0.1, 0.15) is 18.4 Å². The Kier molecular flexibility index (Phi) is 3.02. The van der Waals surface area contributed by atoms with Crippen LogP contribution in [0.2, 0.25) is 0 Å². The molecule has 0 saturated heterocycles. The third kappa shape index (κ3) is 2.37. The molecule has 0 N–H and O–H groups in total. The van der Waals surface area contributed by atoms with Crippen molar-refractivity contribution in [3.8, 4) is 0 Å². The van der Waals surface area contributed by atoms with Gasteiger partial charge in [0.15, 0.2) is 0 Å². The van der Waals surface area contributed by atoms with E-state index in [0.717, 1.165) is 0 Å². The molecule has 0 saturated carbocycles. The van der Waals surface area contributed by atoms with Crippen molar-refractivity contribution in [3.63, 3.8) is 0 Å². The summed E-state index contributed by atoms with van der Waals surface area (Å²) in [5.41, 5.74) is 5.78. The summed E-state index contributed by atoms with van der Waals surface area (Å²) < 4.78 is 0. The molecule has 1 unspecified atom stereocenters. The summed E-state index contributed by atoms with van der Waals surface area (Å²) in [6.07, 6.45) is 10.2. The zero-order chi connectivity index (χ0) is 10.5. The van der Waals surface area contributed by atoms with E-state index in [0.29, 0.717) is 5.92 Å². The molecule has 0 nitrogen and oxygen atoms in total. The Balaban J connectivity index is 2.29. The Morgan fingerprint density at radius 3 is 2.67 bits per heavy atom. The highest BCUT2D eigenvalue weighted by Crippen LogP contribution is 2.24. The maximum atomic E-state index is 3.14. The lowest BCUT2D eigenvalue weighted by Gasteiger charge is -2.11. The number of allylic oxidation sites excluding steroid dienone is 5. The lowest BCUT2D eigenvalue weighted by atomic mass is 9.93. The van der Waals surface area contributed by atoms with Crippen LogP contribution in [0.3, 0.4) is 0 Å². The molecule has 15 heavy (non-hydrogen) atoms. The van der Waals surface area contributed by atoms with Crippen molar-refractivity contribution in [1.29, 1.82) is 0 Å². The van der Waals surface area contributed by atoms with Crippen molar-refractivity contribution in [2.75, 3.05) is 0 Å². The monoisotopic (exact) mass is 194 g/mol. The molecular weight excluding hydrogens is 180 g/mol. The fraction of sp³-hybridized carbons (Fsp3) is 0.133. The van der Waals surface area contributed by atoms with Crippen LogP contribution in [0, 0.1) is 0 Å². The van der Waals surface area contributed by atoms with Gasteiger partial charge in [0.25, 0.3) is 0 Å². The van der Waals surface area contributed by atoms with Gasteiger partial charge in [-0.05, 0) is 23.3 Å². The molecule has 1 aliphatic carbocycles. The van der Waals surface area contributed by atoms with Gasteiger partial charge in [-0.3, -0.25) is 0 Å². The first-order valence-electron chi connectivity index (χ1n) is 5.22. The van der Waals surface area contributed by atoms with E-state index >= 15 is 0 Å². The minimum atomic E-state index is 0.426. The van der Waals surface area contributed by atoms with Gasteiger partial charge in [0.2, 0.25) is 0 Å². The molecule has 0 heterocycles. The normalized spacial score (nSPS) is 15.9. The van der Waals surface area contributed by atoms with Crippen LogP contribution in [0.25, 0.3) is 0 Å². The molecule has 1 aromatic rings. The molecule has 0 fully saturated rings. The predicted molar refractivity (Wildman–Crippen MR) is 64.7 cm³/mol. The van der Waals surface area contributed by atoms with Gasteiger partial charge in [0, 0.05) is 5.92 Å². The largest absolute Gasteiger partial charge is 0.121 e. The average Bonchev–Trinajstić information content (AvgIpc) is 2.58. The van der Waals surface area contributed by atoms with Gasteiger partial charge in [0.1, 0.15) is 0 Å². The molecule has 74 valence electrons. The maximum Gasteiger partial charge on any atom is 0.00671 e. The summed E-state index contributed by atoms with van der Waals surface area (Å²) >= 11 is 0. The molecule has 0 spiro atoms. The standard InChI is InChI=1S/C15H14/c1-13(15-11-7-4-8-12-15)14-9-5-2-3-6-10-14/h2-5,7-13H,1H3. The first kappa shape index (κ1) is 9.76. The third-order valence-electron chi connectivity index (χ3n) is 2.64. The smallest absolute Gasteiger partial charge is 0.00671 e. The van der Waals surface area contributed by atoms with Gasteiger partial charge < -0.3 is 0 Å². The van der Waals surface area contributed by atoms with Gasteiger partial charge in [-0.15, -0.1) is 5.73 Å². The lowest BCUT2D eigenvalue weighted by Crippen LogP contribution is -1.95. The van der Waals surface area contributed by atoms with E-state index in [2.05, 4.69) is 55.1 Å². The lowest BCUT2D eigenvalue weighted by molar-refractivity contribution is 0.922. The highest BCUT2D eigenvalue weighted by atomic mass is 14.1. The summed E-state index contributed by atoms with van der Waals surface area (Å²) in [5, 5.41) is 0. The van der Waals surface area contributed by atoms with E-state index < -0.39 is 0 Å². The molecule has 1 aromatic carbocycles. The topological polar surface area (TPSA) is 0 Å². The van der Waals surface area contributed by atoms with E-state index in [1.54, 1.807) is 0 Å². The molecule has 0 bridgehead atoms. The molecule has 0 heteroatoms. The summed E-state index contributed by atoms with van der Waals surface area (Å²) in [4.78, 5) is 0. The van der Waals surface area contributed by atoms with Crippen molar-refractivity contribution in [2.45, 2.75) is 12.8 Å². The molecule has 0 amide bonds. The average molecular weight is 194 g/mol. The molecule has 0 aliphatic heterocycles. The van der Waals surface area contributed by atoms with Crippen molar-refractivity contribution in [2.24, 2.45) is 0 Å². The van der Waals surface area contributed by atoms with Crippen LogP contribution in [-0.2, 0) is 0 Å². The van der Waals surface area contributed by atoms with Gasteiger partial charge in [-0.25, -0.2) is 0 Å². The van der Waals surface area contributed by atoms with Gasteiger partial charge in [0.05, 0.1) is 0 Å². The summed E-state index contributed by atoms with van der Waals surface area (Å²) in [7, 11) is 0. The SMILES string of the molecule is CC(C1=CC=CC=C=C1)c1ccccc1. The summed E-state index contributed by atoms with van der Waals surface area (Å²) in [6.45, 7) is 2.22. The van der Waals surface area contributed by atoms with E-state index in [1.807, 2.05) is 18.2 Å². The zero-order valence-corrected chi connectivity index (χ0v) is 8.85. The fourth-order valence-corrected chi connectivity index (χ4v) is 1.67. The zero-order valence-electron chi connectivity index (χ0n) is 8.85. The Morgan fingerprint density at radius 2 is 1.87 bits per heavy atom. The number of rotatable bonds is 2. The van der Waals surface area contributed by atoms with E-state index in [4.69, 9.17) is 0 Å². The van der Waals surface area contributed by atoms with Crippen LogP contribution in [0.15, 0.2) is 72.0 Å². The van der Waals surface area contributed by atoms with Crippen LogP contribution in [0.4, 0.5) is 0 Å². The minimum absolute atomic E-state index is 0.426. The second kappa shape index (κ2) is 4.63. The second-order valence-corrected chi connectivity index (χ2v) is 3.66. The Labute approximate surface area is 91.0 Å². The predicted octanol–water partition coefficient (Wildman–Crippen LogP) is 4.00. The van der Waals surface area contributed by atoms with Crippen LogP contribution in [0.5, 0.6) is 0 Å². The number of hydrogen-bond acceptors (Lipinski definition) is 0. The van der Waals surface area contributed by atoms with Gasteiger partial charge in [-0.1, -0.05) is 55.5 Å². The summed E-state index contributed by atoms with van der Waals surface area (Å²) in [5.74, 6) is 0.426. The van der Waals surface area contributed by atoms with Crippen LogP contribution in [-0.4, -0.2) is 0 Å². The maximum absolute atomic E-state index is 3.14. The molecule has 0 aromatic heterocycles. The minimum Gasteiger partial charge on any atom is -0.121 e. The van der Waals surface area contributed by atoms with Crippen molar-refractivity contribution < 1.29 is 0 Å². The Bertz CT molecular complexity index is 440. The Hall–Kier alpha value is -1.78. The first-order chi connectivity index (χ1) is 7.38. The highest BCUT2D eigenvalue weighted by molar-refractivity contribution is 5.38. The quantitative estimate of drug-likeness (QED) is 0.624. The van der Waals surface area contributed by atoms with Crippen molar-refractivity contribution in [1.82, 2.24) is 0 Å². The number of benzene rings is 1. The fourth-order valence-electron chi connectivity index (χ4n) is 1.67. The van der Waals surface area contributed by atoms with Crippen LogP contribution >= 0.6 is 0 Å².